The van der Waals surface area contributed by atoms with Crippen LogP contribution in [0.2, 0.25) is 10.0 Å². The zero-order valence-corrected chi connectivity index (χ0v) is 15.6. The summed E-state index contributed by atoms with van der Waals surface area (Å²) in [4.78, 5) is 26.2. The van der Waals surface area contributed by atoms with Gasteiger partial charge in [0.15, 0.2) is 16.4 Å². The van der Waals surface area contributed by atoms with Gasteiger partial charge in [-0.05, 0) is 37.5 Å². The second-order valence-corrected chi connectivity index (χ2v) is 9.36. The molecule has 9 heteroatoms. The van der Waals surface area contributed by atoms with E-state index >= 15 is 0 Å². The lowest BCUT2D eigenvalue weighted by Gasteiger charge is -2.28. The van der Waals surface area contributed by atoms with Crippen LogP contribution in [0.5, 0.6) is 0 Å². The average molecular weight is 406 g/mol. The Morgan fingerprint density at radius 1 is 1.16 bits per heavy atom. The van der Waals surface area contributed by atoms with Crippen molar-refractivity contribution in [2.24, 2.45) is 0 Å². The van der Waals surface area contributed by atoms with Gasteiger partial charge in [0.05, 0.1) is 22.1 Å². The largest absolute Gasteiger partial charge is 0.452 e. The van der Waals surface area contributed by atoms with Gasteiger partial charge in [-0.1, -0.05) is 23.2 Å². The number of halogens is 2. The van der Waals surface area contributed by atoms with Crippen LogP contribution in [0.3, 0.4) is 0 Å². The summed E-state index contributed by atoms with van der Waals surface area (Å²) in [6.45, 7) is -0.450. The maximum absolute atomic E-state index is 12.5. The van der Waals surface area contributed by atoms with E-state index < -0.39 is 22.4 Å². The molecule has 6 nitrogen and oxygen atoms in total. The Hall–Kier alpha value is -1.31. The predicted molar refractivity (Wildman–Crippen MR) is 93.7 cm³/mol. The number of carbonyl (C=O) groups excluding carboxylic acids is 2. The Bertz CT molecular complexity index is 807. The third-order valence-electron chi connectivity index (χ3n) is 4.31. The van der Waals surface area contributed by atoms with Gasteiger partial charge in [0.2, 0.25) is 0 Å². The maximum atomic E-state index is 12.5. The van der Waals surface area contributed by atoms with Gasteiger partial charge in [0.25, 0.3) is 5.91 Å². The molecule has 136 valence electrons. The molecule has 1 amide bonds. The van der Waals surface area contributed by atoms with Gasteiger partial charge in [-0.2, -0.15) is 0 Å². The van der Waals surface area contributed by atoms with Gasteiger partial charge in [0.1, 0.15) is 0 Å². The highest BCUT2D eigenvalue weighted by molar-refractivity contribution is 7.91. The fourth-order valence-corrected chi connectivity index (χ4v) is 5.06. The molecule has 1 aromatic carbocycles. The third kappa shape index (κ3) is 4.46. The zero-order valence-electron chi connectivity index (χ0n) is 13.3. The summed E-state index contributed by atoms with van der Waals surface area (Å²) in [5.74, 6) is -1.05. The fourth-order valence-electron chi connectivity index (χ4n) is 2.99. The van der Waals surface area contributed by atoms with E-state index in [1.807, 2.05) is 0 Å². The molecule has 2 aliphatic rings. The van der Waals surface area contributed by atoms with Crippen molar-refractivity contribution in [1.82, 2.24) is 4.90 Å². The van der Waals surface area contributed by atoms with E-state index in [4.69, 9.17) is 27.9 Å². The Kier molecular flexibility index (Phi) is 5.27. The molecular weight excluding hydrogens is 389 g/mol. The van der Waals surface area contributed by atoms with Crippen molar-refractivity contribution >= 4 is 44.9 Å². The Balaban J connectivity index is 1.64. The van der Waals surface area contributed by atoms with Crippen LogP contribution in [0.15, 0.2) is 18.2 Å². The van der Waals surface area contributed by atoms with Crippen LogP contribution in [0.4, 0.5) is 0 Å². The molecule has 0 spiro atoms. The molecule has 1 aliphatic heterocycles. The first kappa shape index (κ1) is 18.5. The van der Waals surface area contributed by atoms with Crippen molar-refractivity contribution in [3.8, 4) is 0 Å². The van der Waals surface area contributed by atoms with E-state index in [0.717, 1.165) is 12.8 Å². The summed E-state index contributed by atoms with van der Waals surface area (Å²) >= 11 is 11.8. The Morgan fingerprint density at radius 2 is 1.88 bits per heavy atom. The van der Waals surface area contributed by atoms with Gasteiger partial charge in [0, 0.05) is 17.1 Å². The molecule has 1 atom stereocenters. The minimum atomic E-state index is -3.10. The number of rotatable bonds is 5. The lowest BCUT2D eigenvalue weighted by molar-refractivity contribution is -0.137. The first-order chi connectivity index (χ1) is 11.8. The molecular formula is C16H17Cl2NO5S. The summed E-state index contributed by atoms with van der Waals surface area (Å²) in [5.41, 5.74) is 0.0865. The molecule has 0 unspecified atom stereocenters. The Labute approximate surface area is 155 Å². The van der Waals surface area contributed by atoms with E-state index in [9.17, 15) is 18.0 Å². The van der Waals surface area contributed by atoms with Gasteiger partial charge in [-0.3, -0.25) is 4.79 Å². The molecule has 0 radical (unpaired) electrons. The number of benzene rings is 1. The molecule has 0 aromatic heterocycles. The minimum absolute atomic E-state index is 0.0245. The summed E-state index contributed by atoms with van der Waals surface area (Å²) in [7, 11) is -3.10. The number of ether oxygens (including phenoxy) is 1. The lowest BCUT2D eigenvalue weighted by Crippen LogP contribution is -2.44. The van der Waals surface area contributed by atoms with Crippen molar-refractivity contribution < 1.29 is 22.7 Å². The lowest BCUT2D eigenvalue weighted by atomic mass is 10.2. The van der Waals surface area contributed by atoms with E-state index in [0.29, 0.717) is 11.4 Å². The molecule has 0 N–H and O–H groups in total. The number of hydrogen-bond acceptors (Lipinski definition) is 5. The highest BCUT2D eigenvalue weighted by Crippen LogP contribution is 2.32. The van der Waals surface area contributed by atoms with Crippen LogP contribution >= 0.6 is 23.2 Å². The van der Waals surface area contributed by atoms with E-state index in [2.05, 4.69) is 0 Å². The number of sulfone groups is 1. The van der Waals surface area contributed by atoms with Crippen LogP contribution in [-0.2, 0) is 19.4 Å². The molecule has 1 saturated carbocycles. The third-order valence-corrected chi connectivity index (χ3v) is 6.62. The number of amides is 1. The van der Waals surface area contributed by atoms with Crippen LogP contribution in [0.25, 0.3) is 0 Å². The van der Waals surface area contributed by atoms with Gasteiger partial charge >= 0.3 is 5.97 Å². The van der Waals surface area contributed by atoms with E-state index in [1.165, 1.54) is 12.1 Å². The van der Waals surface area contributed by atoms with Crippen LogP contribution in [0, 0.1) is 0 Å². The molecule has 2 fully saturated rings. The molecule has 1 saturated heterocycles. The number of esters is 1. The van der Waals surface area contributed by atoms with E-state index in [-0.39, 0.29) is 40.1 Å². The summed E-state index contributed by atoms with van der Waals surface area (Å²) in [6.07, 6.45) is 2.12. The van der Waals surface area contributed by atoms with Crippen LogP contribution in [-0.4, -0.2) is 55.4 Å². The van der Waals surface area contributed by atoms with Crippen molar-refractivity contribution in [1.29, 1.82) is 0 Å². The zero-order chi connectivity index (χ0) is 18.2. The fraction of sp³-hybridized carbons (Fsp3) is 0.500. The Morgan fingerprint density at radius 3 is 2.48 bits per heavy atom. The van der Waals surface area contributed by atoms with Gasteiger partial charge in [-0.15, -0.1) is 0 Å². The normalized spacial score (nSPS) is 21.8. The number of nitrogens with zero attached hydrogens (tertiary/aromatic N) is 1. The number of carbonyl (C=O) groups is 2. The van der Waals surface area contributed by atoms with Gasteiger partial charge in [-0.25, -0.2) is 13.2 Å². The molecule has 0 bridgehead atoms. The standard InChI is InChI=1S/C16H17Cl2NO5S/c17-10-1-4-14(18)13(7-10)16(21)24-8-15(20)19(11-2-3-11)12-5-6-25(22,23)9-12/h1,4,7,11-12H,2-3,5-6,8-9H2/t12-/m0/s1. The second-order valence-electron chi connectivity index (χ2n) is 6.29. The minimum Gasteiger partial charge on any atom is -0.452 e. The highest BCUT2D eigenvalue weighted by atomic mass is 35.5. The van der Waals surface area contributed by atoms with Crippen molar-refractivity contribution in [3.05, 3.63) is 33.8 Å². The van der Waals surface area contributed by atoms with Crippen molar-refractivity contribution in [2.45, 2.75) is 31.3 Å². The topological polar surface area (TPSA) is 80.8 Å². The van der Waals surface area contributed by atoms with Crippen LogP contribution < -0.4 is 0 Å². The average Bonchev–Trinajstić information content (AvgIpc) is 3.31. The summed E-state index contributed by atoms with van der Waals surface area (Å²) in [6, 6.07) is 4.10. The molecule has 1 aliphatic carbocycles. The van der Waals surface area contributed by atoms with Gasteiger partial charge < -0.3 is 9.64 Å². The maximum Gasteiger partial charge on any atom is 0.340 e. The first-order valence-corrected chi connectivity index (χ1v) is 10.5. The monoisotopic (exact) mass is 405 g/mol. The second kappa shape index (κ2) is 7.13. The van der Waals surface area contributed by atoms with Crippen molar-refractivity contribution in [2.75, 3.05) is 18.1 Å². The molecule has 25 heavy (non-hydrogen) atoms. The molecule has 3 rings (SSSR count). The smallest absolute Gasteiger partial charge is 0.340 e. The quantitative estimate of drug-likeness (QED) is 0.702. The van der Waals surface area contributed by atoms with Crippen LogP contribution in [0.1, 0.15) is 29.6 Å². The van der Waals surface area contributed by atoms with Crippen molar-refractivity contribution in [3.63, 3.8) is 0 Å². The summed E-state index contributed by atoms with van der Waals surface area (Å²) < 4.78 is 28.4. The molecule has 1 aromatic rings. The molecule has 1 heterocycles. The first-order valence-electron chi connectivity index (χ1n) is 7.90. The van der Waals surface area contributed by atoms with E-state index in [1.54, 1.807) is 11.0 Å². The SMILES string of the molecule is O=C(OCC(=O)N(C1CC1)[C@H]1CCS(=O)(=O)C1)c1cc(Cl)ccc1Cl. The highest BCUT2D eigenvalue weighted by Gasteiger charge is 2.42. The summed E-state index contributed by atoms with van der Waals surface area (Å²) in [5, 5.41) is 0.515. The predicted octanol–water partition coefficient (Wildman–Crippen LogP) is 2.33. The number of hydrogen-bond donors (Lipinski definition) is 0.